The van der Waals surface area contributed by atoms with Crippen LogP contribution in [0.25, 0.3) is 0 Å². The van der Waals surface area contributed by atoms with Gasteiger partial charge in [-0.05, 0) is 70.6 Å². The summed E-state index contributed by atoms with van der Waals surface area (Å²) in [6.45, 7) is 0. The summed E-state index contributed by atoms with van der Waals surface area (Å²) in [5.41, 5.74) is 2.05. The van der Waals surface area contributed by atoms with Crippen LogP contribution in [0, 0.1) is 0 Å². The van der Waals surface area contributed by atoms with E-state index in [1.165, 1.54) is 4.88 Å². The van der Waals surface area contributed by atoms with Crippen LogP contribution in [0.4, 0.5) is 5.69 Å². The van der Waals surface area contributed by atoms with Gasteiger partial charge in [-0.1, -0.05) is 22.0 Å². The van der Waals surface area contributed by atoms with Gasteiger partial charge in [0, 0.05) is 31.1 Å². The fourth-order valence-corrected chi connectivity index (χ4v) is 5.19. The van der Waals surface area contributed by atoms with Crippen LogP contribution < -0.4 is 10.2 Å². The van der Waals surface area contributed by atoms with Crippen molar-refractivity contribution in [2.24, 2.45) is 0 Å². The Balaban J connectivity index is 1.81. The van der Waals surface area contributed by atoms with Gasteiger partial charge in [-0.3, -0.25) is 4.98 Å². The van der Waals surface area contributed by atoms with Crippen LogP contribution in [0.1, 0.15) is 22.7 Å². The highest BCUT2D eigenvalue weighted by Crippen LogP contribution is 2.44. The molecule has 126 valence electrons. The third-order valence-corrected chi connectivity index (χ3v) is 6.69. The average molecular weight is 495 g/mol. The summed E-state index contributed by atoms with van der Waals surface area (Å²) in [5, 5.41) is 6.28. The van der Waals surface area contributed by atoms with E-state index in [1.807, 2.05) is 36.5 Å². The maximum Gasteiger partial charge on any atom is 0.174 e. The highest BCUT2D eigenvalue weighted by atomic mass is 79.9. The molecule has 0 unspecified atom stereocenters. The van der Waals surface area contributed by atoms with Gasteiger partial charge in [0.25, 0.3) is 0 Å². The number of pyridine rings is 1. The van der Waals surface area contributed by atoms with Crippen molar-refractivity contribution in [3.8, 4) is 0 Å². The lowest BCUT2D eigenvalue weighted by Gasteiger charge is -2.26. The number of aromatic nitrogens is 1. The second-order valence-electron chi connectivity index (χ2n) is 5.64. The summed E-state index contributed by atoms with van der Waals surface area (Å²) in [5.74, 6) is 0. The van der Waals surface area contributed by atoms with Crippen LogP contribution in [0.3, 0.4) is 0 Å². The molecule has 4 rings (SSSR count). The van der Waals surface area contributed by atoms with Crippen LogP contribution in [-0.4, -0.2) is 10.1 Å². The first-order valence-electron chi connectivity index (χ1n) is 7.63. The van der Waals surface area contributed by atoms with Crippen LogP contribution in [-0.2, 0) is 0 Å². The predicted octanol–water partition coefficient (Wildman–Crippen LogP) is 5.85. The van der Waals surface area contributed by atoms with Crippen molar-refractivity contribution in [2.75, 3.05) is 4.90 Å². The SMILES string of the molecule is S=C1N[C@H](c2ccccn2)[C@H](c2cc(Br)cs2)N1c1ccc(Br)cc1. The monoisotopic (exact) mass is 493 g/mol. The number of halogens is 2. The molecule has 1 saturated heterocycles. The lowest BCUT2D eigenvalue weighted by Crippen LogP contribution is -2.28. The van der Waals surface area contributed by atoms with Crippen LogP contribution >= 0.6 is 55.4 Å². The van der Waals surface area contributed by atoms with Gasteiger partial charge in [-0.15, -0.1) is 11.3 Å². The van der Waals surface area contributed by atoms with E-state index >= 15 is 0 Å². The van der Waals surface area contributed by atoms with E-state index in [0.717, 1.165) is 20.3 Å². The number of anilines is 1. The van der Waals surface area contributed by atoms with Gasteiger partial charge in [0.1, 0.15) is 0 Å². The molecule has 25 heavy (non-hydrogen) atoms. The van der Waals surface area contributed by atoms with E-state index in [0.29, 0.717) is 5.11 Å². The highest BCUT2D eigenvalue weighted by molar-refractivity contribution is 9.10. The molecule has 0 amide bonds. The van der Waals surface area contributed by atoms with Crippen molar-refractivity contribution < 1.29 is 0 Å². The lowest BCUT2D eigenvalue weighted by atomic mass is 10.0. The van der Waals surface area contributed by atoms with Crippen LogP contribution in [0.2, 0.25) is 0 Å². The molecule has 7 heteroatoms. The third kappa shape index (κ3) is 3.38. The quantitative estimate of drug-likeness (QED) is 0.462. The van der Waals surface area contributed by atoms with Crippen LogP contribution in [0.5, 0.6) is 0 Å². The van der Waals surface area contributed by atoms with Gasteiger partial charge >= 0.3 is 0 Å². The Morgan fingerprint density at radius 3 is 2.52 bits per heavy atom. The predicted molar refractivity (Wildman–Crippen MR) is 114 cm³/mol. The molecule has 0 aliphatic carbocycles. The van der Waals surface area contributed by atoms with Gasteiger partial charge in [0.2, 0.25) is 0 Å². The first-order valence-corrected chi connectivity index (χ1v) is 10.5. The minimum atomic E-state index is 0.00268. The molecule has 0 bridgehead atoms. The van der Waals surface area contributed by atoms with Crippen molar-refractivity contribution in [3.05, 3.63) is 79.6 Å². The number of thiocarbonyl (C=S) groups is 1. The highest BCUT2D eigenvalue weighted by Gasteiger charge is 2.41. The van der Waals surface area contributed by atoms with E-state index in [4.69, 9.17) is 12.2 Å². The second-order valence-corrected chi connectivity index (χ2v) is 8.80. The Bertz CT molecular complexity index is 896. The smallest absolute Gasteiger partial charge is 0.174 e. The third-order valence-electron chi connectivity index (χ3n) is 4.08. The molecular formula is C18H13Br2N3S2. The molecule has 0 saturated carbocycles. The Morgan fingerprint density at radius 2 is 1.88 bits per heavy atom. The normalized spacial score (nSPS) is 19.9. The molecule has 2 aromatic heterocycles. The maximum absolute atomic E-state index is 5.68. The fourth-order valence-electron chi connectivity index (χ4n) is 3.01. The number of thiophene rings is 1. The summed E-state index contributed by atoms with van der Waals surface area (Å²) in [7, 11) is 0. The molecule has 0 radical (unpaired) electrons. The number of nitrogens with one attached hydrogen (secondary N) is 1. The van der Waals surface area contributed by atoms with Gasteiger partial charge in [0.15, 0.2) is 5.11 Å². The van der Waals surface area contributed by atoms with Gasteiger partial charge in [-0.2, -0.15) is 0 Å². The van der Waals surface area contributed by atoms with Crippen molar-refractivity contribution >= 4 is 66.2 Å². The van der Waals surface area contributed by atoms with Crippen LogP contribution in [0.15, 0.2) is 69.1 Å². The minimum Gasteiger partial charge on any atom is -0.351 e. The average Bonchev–Trinajstić information content (AvgIpc) is 3.20. The van der Waals surface area contributed by atoms with E-state index in [9.17, 15) is 0 Å². The molecular weight excluding hydrogens is 482 g/mol. The van der Waals surface area contributed by atoms with Gasteiger partial charge in [-0.25, -0.2) is 0 Å². The molecule has 1 fully saturated rings. The summed E-state index contributed by atoms with van der Waals surface area (Å²) >= 11 is 14.5. The van der Waals surface area contributed by atoms with Crippen molar-refractivity contribution in [1.29, 1.82) is 0 Å². The van der Waals surface area contributed by atoms with E-state index in [1.54, 1.807) is 11.3 Å². The molecule has 3 nitrogen and oxygen atoms in total. The standard InChI is InChI=1S/C18H13Br2N3S2/c19-11-4-6-13(7-5-11)23-17(15-9-12(20)10-25-15)16(22-18(23)24)14-3-1-2-8-21-14/h1-10,16-17H,(H,22,24)/t16-,17+/m1/s1. The summed E-state index contributed by atoms with van der Waals surface area (Å²) in [6.07, 6.45) is 1.82. The molecule has 1 aliphatic heterocycles. The number of rotatable bonds is 3. The van der Waals surface area contributed by atoms with E-state index in [2.05, 4.69) is 70.6 Å². The van der Waals surface area contributed by atoms with Crippen molar-refractivity contribution in [2.45, 2.75) is 12.1 Å². The zero-order valence-corrected chi connectivity index (χ0v) is 17.7. The molecule has 1 aliphatic rings. The molecule has 0 spiro atoms. The van der Waals surface area contributed by atoms with E-state index in [-0.39, 0.29) is 12.1 Å². The molecule has 1 N–H and O–H groups in total. The molecule has 2 atom stereocenters. The number of benzene rings is 1. The number of nitrogens with zero attached hydrogens (tertiary/aromatic N) is 2. The minimum absolute atomic E-state index is 0.00268. The zero-order chi connectivity index (χ0) is 17.4. The number of hydrogen-bond acceptors (Lipinski definition) is 3. The summed E-state index contributed by atoms with van der Waals surface area (Å²) in [6, 6.07) is 16.4. The maximum atomic E-state index is 5.68. The Morgan fingerprint density at radius 1 is 1.08 bits per heavy atom. The Labute approximate surface area is 172 Å². The van der Waals surface area contributed by atoms with Crippen molar-refractivity contribution in [1.82, 2.24) is 10.3 Å². The Kier molecular flexibility index (Phi) is 4.90. The molecule has 3 aromatic rings. The van der Waals surface area contributed by atoms with Gasteiger partial charge in [0.05, 0.1) is 17.8 Å². The van der Waals surface area contributed by atoms with Crippen molar-refractivity contribution in [3.63, 3.8) is 0 Å². The Hall–Kier alpha value is -1.28. The summed E-state index contributed by atoms with van der Waals surface area (Å²) < 4.78 is 2.13. The van der Waals surface area contributed by atoms with Gasteiger partial charge < -0.3 is 10.2 Å². The lowest BCUT2D eigenvalue weighted by molar-refractivity contribution is 0.575. The van der Waals surface area contributed by atoms with E-state index < -0.39 is 0 Å². The molecule has 3 heterocycles. The summed E-state index contributed by atoms with van der Waals surface area (Å²) in [4.78, 5) is 7.97. The number of hydrogen-bond donors (Lipinski definition) is 1. The molecule has 1 aromatic carbocycles. The largest absolute Gasteiger partial charge is 0.351 e. The first-order chi connectivity index (χ1) is 12.1. The first kappa shape index (κ1) is 17.1. The zero-order valence-electron chi connectivity index (χ0n) is 12.9. The topological polar surface area (TPSA) is 28.2 Å². The second kappa shape index (κ2) is 7.15. The fraction of sp³-hybridized carbons (Fsp3) is 0.111.